The maximum Gasteiger partial charge on any atom is 0.165 e. The van der Waals surface area contributed by atoms with Crippen molar-refractivity contribution in [2.75, 3.05) is 5.73 Å². The van der Waals surface area contributed by atoms with Crippen molar-refractivity contribution in [2.45, 2.75) is 13.1 Å². The van der Waals surface area contributed by atoms with Crippen molar-refractivity contribution in [2.24, 2.45) is 5.73 Å². The van der Waals surface area contributed by atoms with Gasteiger partial charge < -0.3 is 21.0 Å². The summed E-state index contributed by atoms with van der Waals surface area (Å²) in [6.45, 7) is 4.95. The number of nitrogens with zero attached hydrogens (tertiary/aromatic N) is 4. The Kier molecular flexibility index (Phi) is 3.28. The molecule has 3 heterocycles. The Morgan fingerprint density at radius 1 is 1.21 bits per heavy atom. The molecular formula is C17H17N7. The number of anilines is 1. The van der Waals surface area contributed by atoms with Gasteiger partial charge in [-0.2, -0.15) is 0 Å². The molecule has 0 fully saturated rings. The van der Waals surface area contributed by atoms with Crippen LogP contribution >= 0.6 is 0 Å². The van der Waals surface area contributed by atoms with Gasteiger partial charge in [-0.1, -0.05) is 12.7 Å². The van der Waals surface area contributed by atoms with E-state index < -0.39 is 0 Å². The molecule has 7 heteroatoms. The third-order valence-electron chi connectivity index (χ3n) is 4.11. The van der Waals surface area contributed by atoms with E-state index in [4.69, 9.17) is 11.5 Å². The van der Waals surface area contributed by atoms with Crippen molar-refractivity contribution in [3.8, 4) is 0 Å². The molecule has 0 amide bonds. The summed E-state index contributed by atoms with van der Waals surface area (Å²) in [7, 11) is 0. The quantitative estimate of drug-likeness (QED) is 0.533. The van der Waals surface area contributed by atoms with E-state index in [9.17, 15) is 0 Å². The summed E-state index contributed by atoms with van der Waals surface area (Å²) < 4.78 is 1.96. The lowest BCUT2D eigenvalue weighted by molar-refractivity contribution is 0.816. The molecule has 3 aromatic heterocycles. The number of aromatic amines is 1. The fourth-order valence-electron chi connectivity index (χ4n) is 2.95. The van der Waals surface area contributed by atoms with Gasteiger partial charge in [0.1, 0.15) is 11.8 Å². The Morgan fingerprint density at radius 3 is 2.88 bits per heavy atom. The smallest absolute Gasteiger partial charge is 0.165 e. The van der Waals surface area contributed by atoms with Gasteiger partial charge in [0.2, 0.25) is 0 Å². The molecule has 0 radical (unpaired) electrons. The molecule has 0 bridgehead atoms. The van der Waals surface area contributed by atoms with Crippen molar-refractivity contribution in [3.63, 3.8) is 0 Å². The molecule has 24 heavy (non-hydrogen) atoms. The molecule has 0 saturated heterocycles. The highest BCUT2D eigenvalue weighted by Gasteiger charge is 2.12. The SMILES string of the molecule is C=Cc1cc(Cn2cnc3c(N)ncnc32)c2[nH]c(CN)cc2c1. The zero-order valence-corrected chi connectivity index (χ0v) is 13.0. The van der Waals surface area contributed by atoms with Gasteiger partial charge in [-0.05, 0) is 29.3 Å². The minimum Gasteiger partial charge on any atom is -0.382 e. The van der Waals surface area contributed by atoms with E-state index in [0.717, 1.165) is 27.7 Å². The van der Waals surface area contributed by atoms with E-state index in [2.05, 4.69) is 44.7 Å². The van der Waals surface area contributed by atoms with Crippen LogP contribution < -0.4 is 11.5 Å². The normalized spacial score (nSPS) is 11.4. The van der Waals surface area contributed by atoms with Gasteiger partial charge in [0.15, 0.2) is 11.5 Å². The number of hydrogen-bond donors (Lipinski definition) is 3. The molecule has 0 aliphatic rings. The number of H-pyrrole nitrogens is 1. The van der Waals surface area contributed by atoms with Crippen LogP contribution in [0.3, 0.4) is 0 Å². The average molecular weight is 319 g/mol. The van der Waals surface area contributed by atoms with Gasteiger partial charge in [0, 0.05) is 17.6 Å². The number of aromatic nitrogens is 5. The molecule has 0 aliphatic heterocycles. The summed E-state index contributed by atoms with van der Waals surface area (Å²) in [5.74, 6) is 0.383. The molecule has 4 rings (SSSR count). The number of benzene rings is 1. The summed E-state index contributed by atoms with van der Waals surface area (Å²) >= 11 is 0. The number of fused-ring (bicyclic) bond motifs is 2. The predicted octanol–water partition coefficient (Wildman–Crippen LogP) is 2.04. The molecule has 1 aromatic carbocycles. The third kappa shape index (κ3) is 2.22. The number of imidazole rings is 1. The van der Waals surface area contributed by atoms with Crippen LogP contribution in [0, 0.1) is 0 Å². The molecule has 0 unspecified atom stereocenters. The fraction of sp³-hybridized carbons (Fsp3) is 0.118. The van der Waals surface area contributed by atoms with E-state index in [0.29, 0.717) is 30.1 Å². The first-order valence-electron chi connectivity index (χ1n) is 7.58. The molecule has 0 spiro atoms. The Morgan fingerprint density at radius 2 is 2.08 bits per heavy atom. The standard InChI is InChI=1S/C17H17N7/c1-2-10-3-11-5-13(6-18)23-14(11)12(4-10)7-24-9-22-15-16(19)20-8-21-17(15)24/h2-5,8-9,23H,1,6-7,18H2,(H2,19,20,21). The molecule has 0 aliphatic carbocycles. The topological polar surface area (TPSA) is 111 Å². The summed E-state index contributed by atoms with van der Waals surface area (Å²) in [6, 6.07) is 6.26. The first-order chi connectivity index (χ1) is 11.7. The molecular weight excluding hydrogens is 302 g/mol. The highest BCUT2D eigenvalue weighted by Crippen LogP contribution is 2.25. The number of hydrogen-bond acceptors (Lipinski definition) is 5. The monoisotopic (exact) mass is 319 g/mol. The second kappa shape index (κ2) is 5.47. The predicted molar refractivity (Wildman–Crippen MR) is 95.1 cm³/mol. The Hall–Kier alpha value is -3.19. The minimum absolute atomic E-state index is 0.383. The summed E-state index contributed by atoms with van der Waals surface area (Å²) in [4.78, 5) is 16.0. The zero-order valence-electron chi connectivity index (χ0n) is 13.0. The number of nitrogens with two attached hydrogens (primary N) is 2. The maximum atomic E-state index is 5.86. The van der Waals surface area contributed by atoms with Crippen LogP contribution in [0.4, 0.5) is 5.82 Å². The molecule has 5 N–H and O–H groups in total. The maximum absolute atomic E-state index is 5.86. The van der Waals surface area contributed by atoms with Crippen LogP contribution in [-0.2, 0) is 13.1 Å². The van der Waals surface area contributed by atoms with Crippen LogP contribution in [0.5, 0.6) is 0 Å². The van der Waals surface area contributed by atoms with Gasteiger partial charge in [0.25, 0.3) is 0 Å². The first-order valence-corrected chi connectivity index (χ1v) is 7.58. The lowest BCUT2D eigenvalue weighted by atomic mass is 10.1. The fourth-order valence-corrected chi connectivity index (χ4v) is 2.95. The van der Waals surface area contributed by atoms with Crippen molar-refractivity contribution >= 4 is 34.0 Å². The minimum atomic E-state index is 0.383. The van der Waals surface area contributed by atoms with Crippen molar-refractivity contribution < 1.29 is 0 Å². The first kappa shape index (κ1) is 14.4. The molecule has 120 valence electrons. The van der Waals surface area contributed by atoms with Crippen LogP contribution in [0.2, 0.25) is 0 Å². The van der Waals surface area contributed by atoms with Gasteiger partial charge in [-0.15, -0.1) is 0 Å². The highest BCUT2D eigenvalue weighted by molar-refractivity contribution is 5.86. The lowest BCUT2D eigenvalue weighted by Crippen LogP contribution is -2.02. The van der Waals surface area contributed by atoms with Crippen molar-refractivity contribution in [3.05, 3.63) is 54.3 Å². The van der Waals surface area contributed by atoms with Gasteiger partial charge >= 0.3 is 0 Å². The van der Waals surface area contributed by atoms with Crippen molar-refractivity contribution in [1.29, 1.82) is 0 Å². The van der Waals surface area contributed by atoms with Gasteiger partial charge in [-0.3, -0.25) is 0 Å². The van der Waals surface area contributed by atoms with Gasteiger partial charge in [-0.25, -0.2) is 15.0 Å². The largest absolute Gasteiger partial charge is 0.382 e. The number of nitrogen functional groups attached to an aromatic ring is 1. The lowest BCUT2D eigenvalue weighted by Gasteiger charge is -2.07. The van der Waals surface area contributed by atoms with Gasteiger partial charge in [0.05, 0.1) is 18.4 Å². The summed E-state index contributed by atoms with van der Waals surface area (Å²) in [5.41, 5.74) is 17.2. The molecule has 0 atom stereocenters. The Bertz CT molecular complexity index is 1060. The molecule has 4 aromatic rings. The van der Waals surface area contributed by atoms with E-state index in [1.54, 1.807) is 6.33 Å². The van der Waals surface area contributed by atoms with Crippen LogP contribution in [0.15, 0.2) is 37.4 Å². The number of rotatable bonds is 4. The zero-order chi connectivity index (χ0) is 16.7. The second-order valence-electron chi connectivity index (χ2n) is 5.65. The van der Waals surface area contributed by atoms with E-state index in [1.807, 2.05) is 10.6 Å². The second-order valence-corrected chi connectivity index (χ2v) is 5.65. The molecule has 0 saturated carbocycles. The van der Waals surface area contributed by atoms with E-state index in [-0.39, 0.29) is 0 Å². The third-order valence-corrected chi connectivity index (χ3v) is 4.11. The summed E-state index contributed by atoms with van der Waals surface area (Å²) in [6.07, 6.45) is 5.02. The van der Waals surface area contributed by atoms with Crippen LogP contribution in [0.1, 0.15) is 16.8 Å². The molecule has 7 nitrogen and oxygen atoms in total. The highest BCUT2D eigenvalue weighted by atomic mass is 15.1. The Labute approximate surface area is 138 Å². The Balaban J connectivity index is 1.87. The van der Waals surface area contributed by atoms with Crippen LogP contribution in [0.25, 0.3) is 28.1 Å². The van der Waals surface area contributed by atoms with E-state index in [1.165, 1.54) is 6.33 Å². The van der Waals surface area contributed by atoms with Crippen LogP contribution in [-0.4, -0.2) is 24.5 Å². The van der Waals surface area contributed by atoms with Crippen molar-refractivity contribution in [1.82, 2.24) is 24.5 Å². The summed E-state index contributed by atoms with van der Waals surface area (Å²) in [5, 5.41) is 1.11. The van der Waals surface area contributed by atoms with E-state index >= 15 is 0 Å². The average Bonchev–Trinajstić information content (AvgIpc) is 3.19. The number of nitrogens with one attached hydrogen (secondary N) is 1.